The van der Waals surface area contributed by atoms with E-state index in [1.807, 2.05) is 6.92 Å². The molecule has 2 N–H and O–H groups in total. The van der Waals surface area contributed by atoms with Gasteiger partial charge in [-0.3, -0.25) is 4.99 Å². The van der Waals surface area contributed by atoms with Crippen LogP contribution in [0.2, 0.25) is 0 Å². The van der Waals surface area contributed by atoms with Crippen molar-refractivity contribution in [1.82, 2.24) is 20.8 Å². The van der Waals surface area contributed by atoms with Gasteiger partial charge in [-0.05, 0) is 50.9 Å². The first kappa shape index (κ1) is 18.7. The Bertz CT molecular complexity index is 519. The highest BCUT2D eigenvalue weighted by Gasteiger charge is 2.37. The average molecular weight is 335 g/mol. The second kappa shape index (κ2) is 9.04. The van der Waals surface area contributed by atoms with Gasteiger partial charge in [0.1, 0.15) is 0 Å². The zero-order valence-electron chi connectivity index (χ0n) is 15.7. The van der Waals surface area contributed by atoms with E-state index in [-0.39, 0.29) is 0 Å². The predicted molar refractivity (Wildman–Crippen MR) is 97.1 cm³/mol. The van der Waals surface area contributed by atoms with E-state index in [1.165, 1.54) is 25.7 Å². The Morgan fingerprint density at radius 1 is 1.33 bits per heavy atom. The summed E-state index contributed by atoms with van der Waals surface area (Å²) in [5.41, 5.74) is 0.442. The van der Waals surface area contributed by atoms with Gasteiger partial charge in [0.15, 0.2) is 11.8 Å². The second-order valence-electron chi connectivity index (χ2n) is 7.41. The lowest BCUT2D eigenvalue weighted by Crippen LogP contribution is -2.40. The molecule has 0 amide bonds. The molecule has 1 aromatic rings. The first-order valence-corrected chi connectivity index (χ1v) is 9.34. The highest BCUT2D eigenvalue weighted by molar-refractivity contribution is 5.79. The minimum atomic E-state index is 0.442. The van der Waals surface area contributed by atoms with E-state index in [9.17, 15) is 0 Å². The molecule has 0 aliphatic heterocycles. The summed E-state index contributed by atoms with van der Waals surface area (Å²) in [4.78, 5) is 9.08. The van der Waals surface area contributed by atoms with Crippen molar-refractivity contribution in [3.05, 3.63) is 11.7 Å². The molecule has 0 spiro atoms. The summed E-state index contributed by atoms with van der Waals surface area (Å²) in [6.07, 6.45) is 7.03. The summed E-state index contributed by atoms with van der Waals surface area (Å²) in [7, 11) is 0. The van der Waals surface area contributed by atoms with Gasteiger partial charge >= 0.3 is 0 Å². The zero-order chi connectivity index (χ0) is 17.4. The molecule has 0 saturated heterocycles. The lowest BCUT2D eigenvalue weighted by Gasteiger charge is -2.42. The molecule has 1 aliphatic rings. The smallest absolute Gasteiger partial charge is 0.226 e. The van der Waals surface area contributed by atoms with Crippen molar-refractivity contribution in [1.29, 1.82) is 0 Å². The maximum absolute atomic E-state index is 5.14. The molecule has 0 bridgehead atoms. The molecule has 1 heterocycles. The van der Waals surface area contributed by atoms with Gasteiger partial charge in [-0.2, -0.15) is 4.98 Å². The van der Waals surface area contributed by atoms with Crippen molar-refractivity contribution in [3.63, 3.8) is 0 Å². The van der Waals surface area contributed by atoms with Gasteiger partial charge in [0, 0.05) is 26.1 Å². The summed E-state index contributed by atoms with van der Waals surface area (Å²) in [5.74, 6) is 3.08. The zero-order valence-corrected chi connectivity index (χ0v) is 15.7. The summed E-state index contributed by atoms with van der Waals surface area (Å²) in [6.45, 7) is 11.2. The molecule has 0 aromatic carbocycles. The molecule has 1 saturated carbocycles. The second-order valence-corrected chi connectivity index (χ2v) is 7.41. The Labute approximate surface area is 145 Å². The molecular formula is C18H33N5O. The molecule has 1 aliphatic carbocycles. The fourth-order valence-corrected chi connectivity index (χ4v) is 3.45. The van der Waals surface area contributed by atoms with Gasteiger partial charge in [-0.15, -0.1) is 0 Å². The largest absolute Gasteiger partial charge is 0.357 e. The Balaban J connectivity index is 1.77. The van der Waals surface area contributed by atoms with Crippen LogP contribution in [0.3, 0.4) is 0 Å². The molecule has 0 unspecified atom stereocenters. The van der Waals surface area contributed by atoms with E-state index < -0.39 is 0 Å². The molecule has 2 rings (SSSR count). The minimum absolute atomic E-state index is 0.442. The van der Waals surface area contributed by atoms with E-state index in [1.54, 1.807) is 0 Å². The third-order valence-corrected chi connectivity index (χ3v) is 4.60. The molecular weight excluding hydrogens is 302 g/mol. The van der Waals surface area contributed by atoms with E-state index in [2.05, 4.69) is 41.5 Å². The molecule has 0 radical (unpaired) electrons. The van der Waals surface area contributed by atoms with Crippen molar-refractivity contribution >= 4 is 5.96 Å². The van der Waals surface area contributed by atoms with Crippen LogP contribution in [0.4, 0.5) is 0 Å². The number of nitrogens with one attached hydrogen (secondary N) is 2. The Kier molecular flexibility index (Phi) is 7.06. The summed E-state index contributed by atoms with van der Waals surface area (Å²) in [5, 5.41) is 10.6. The number of aromatic nitrogens is 2. The third kappa shape index (κ3) is 5.80. The van der Waals surface area contributed by atoms with Crippen LogP contribution in [-0.4, -0.2) is 35.7 Å². The molecule has 136 valence electrons. The monoisotopic (exact) mass is 335 g/mol. The number of hydrogen-bond acceptors (Lipinski definition) is 4. The van der Waals surface area contributed by atoms with Crippen LogP contribution in [0.1, 0.15) is 64.6 Å². The number of guanidine groups is 1. The Morgan fingerprint density at radius 2 is 2.12 bits per heavy atom. The standard InChI is InChI=1S/C18H33N5O/c1-5-19-17(20-11-6-8-16-22-15(4)23-24-16)21-13-18(9-7-10-18)12-14(2)3/h14H,5-13H2,1-4H3,(H2,19,20,21). The van der Waals surface area contributed by atoms with Gasteiger partial charge in [0.2, 0.25) is 5.89 Å². The number of rotatable bonds is 9. The van der Waals surface area contributed by atoms with Crippen molar-refractivity contribution in [2.75, 3.05) is 19.6 Å². The quantitative estimate of drug-likeness (QED) is 0.412. The molecule has 6 heteroatoms. The fraction of sp³-hybridized carbons (Fsp3) is 0.833. The predicted octanol–water partition coefficient (Wildman–Crippen LogP) is 3.08. The molecule has 6 nitrogen and oxygen atoms in total. The van der Waals surface area contributed by atoms with Crippen LogP contribution in [0.5, 0.6) is 0 Å². The third-order valence-electron chi connectivity index (χ3n) is 4.60. The highest BCUT2D eigenvalue weighted by Crippen LogP contribution is 2.46. The normalized spacial score (nSPS) is 17.0. The van der Waals surface area contributed by atoms with E-state index in [0.717, 1.165) is 44.4 Å². The lowest BCUT2D eigenvalue weighted by atomic mass is 9.64. The van der Waals surface area contributed by atoms with Crippen LogP contribution in [-0.2, 0) is 6.42 Å². The van der Waals surface area contributed by atoms with Gasteiger partial charge < -0.3 is 15.2 Å². The van der Waals surface area contributed by atoms with Crippen molar-refractivity contribution in [3.8, 4) is 0 Å². The number of aliphatic imine (C=N–C) groups is 1. The molecule has 1 aromatic heterocycles. The maximum atomic E-state index is 5.14. The lowest BCUT2D eigenvalue weighted by molar-refractivity contribution is 0.111. The Hall–Kier alpha value is -1.59. The SMILES string of the molecule is CCNC(=NCC1(CC(C)C)CCC1)NCCCc1nc(C)no1. The summed E-state index contributed by atoms with van der Waals surface area (Å²) in [6, 6.07) is 0. The first-order valence-electron chi connectivity index (χ1n) is 9.34. The first-order chi connectivity index (χ1) is 11.5. The van der Waals surface area contributed by atoms with Crippen LogP contribution in [0.25, 0.3) is 0 Å². The van der Waals surface area contributed by atoms with Gasteiger partial charge in [-0.1, -0.05) is 25.4 Å². The van der Waals surface area contributed by atoms with Crippen molar-refractivity contribution < 1.29 is 4.52 Å². The van der Waals surface area contributed by atoms with Crippen LogP contribution in [0, 0.1) is 18.3 Å². The average Bonchev–Trinajstić information content (AvgIpc) is 2.91. The van der Waals surface area contributed by atoms with E-state index >= 15 is 0 Å². The highest BCUT2D eigenvalue weighted by atomic mass is 16.5. The van der Waals surface area contributed by atoms with Gasteiger partial charge in [0.25, 0.3) is 0 Å². The van der Waals surface area contributed by atoms with Crippen LogP contribution < -0.4 is 10.6 Å². The minimum Gasteiger partial charge on any atom is -0.357 e. The van der Waals surface area contributed by atoms with Crippen molar-refractivity contribution in [2.24, 2.45) is 16.3 Å². The van der Waals surface area contributed by atoms with Crippen molar-refractivity contribution in [2.45, 2.75) is 66.2 Å². The fourth-order valence-electron chi connectivity index (χ4n) is 3.45. The molecule has 24 heavy (non-hydrogen) atoms. The Morgan fingerprint density at radius 3 is 2.67 bits per heavy atom. The topological polar surface area (TPSA) is 75.3 Å². The molecule has 0 atom stereocenters. The maximum Gasteiger partial charge on any atom is 0.226 e. The van der Waals surface area contributed by atoms with Crippen LogP contribution in [0.15, 0.2) is 9.52 Å². The summed E-state index contributed by atoms with van der Waals surface area (Å²) >= 11 is 0. The number of aryl methyl sites for hydroxylation is 2. The van der Waals surface area contributed by atoms with Crippen LogP contribution >= 0.6 is 0 Å². The van der Waals surface area contributed by atoms with Gasteiger partial charge in [0.05, 0.1) is 0 Å². The van der Waals surface area contributed by atoms with Gasteiger partial charge in [-0.25, -0.2) is 0 Å². The number of nitrogens with zero attached hydrogens (tertiary/aromatic N) is 3. The van der Waals surface area contributed by atoms with E-state index in [0.29, 0.717) is 17.1 Å². The summed E-state index contributed by atoms with van der Waals surface area (Å²) < 4.78 is 5.14. The molecule has 1 fully saturated rings. The number of hydrogen-bond donors (Lipinski definition) is 2. The van der Waals surface area contributed by atoms with E-state index in [4.69, 9.17) is 9.52 Å².